The quantitative estimate of drug-likeness (QED) is 0.203. The first-order valence-electron chi connectivity index (χ1n) is 15.0. The topological polar surface area (TPSA) is 64.1 Å². The molecule has 0 amide bonds. The molecule has 6 rings (SSSR count). The molecule has 42 heavy (non-hydrogen) atoms. The van der Waals surface area contributed by atoms with Gasteiger partial charge in [0.15, 0.2) is 17.3 Å². The van der Waals surface area contributed by atoms with Gasteiger partial charge in [-0.1, -0.05) is 42.0 Å². The minimum atomic E-state index is -0.0822. The standard InChI is InChI=1S/C35H39N3O4/c1-25-10-11-31(29(22-25)35(39)26-8-4-3-5-9-26)42-32-12-15-36-30-24-34(33(40-2)23-28(30)32)41-21-20-37-18-13-27(14-19-37)38-16-6-7-17-38/h3-5,8-12,15,22-24,27H,6-7,13-14,16-21H2,1-2H3. The summed E-state index contributed by atoms with van der Waals surface area (Å²) in [7, 11) is 1.64. The van der Waals surface area contributed by atoms with Crippen molar-refractivity contribution >= 4 is 16.7 Å². The van der Waals surface area contributed by atoms with E-state index in [1.54, 1.807) is 13.3 Å². The highest BCUT2D eigenvalue weighted by Gasteiger charge is 2.26. The summed E-state index contributed by atoms with van der Waals surface area (Å²) in [6.07, 6.45) is 6.90. The zero-order valence-electron chi connectivity index (χ0n) is 24.6. The number of aromatic nitrogens is 1. The maximum Gasteiger partial charge on any atom is 0.196 e. The van der Waals surface area contributed by atoms with Gasteiger partial charge in [-0.25, -0.2) is 0 Å². The van der Waals surface area contributed by atoms with Crippen LogP contribution in [0.3, 0.4) is 0 Å². The highest BCUT2D eigenvalue weighted by Crippen LogP contribution is 2.38. The molecule has 0 aliphatic carbocycles. The lowest BCUT2D eigenvalue weighted by Crippen LogP contribution is -2.44. The highest BCUT2D eigenvalue weighted by molar-refractivity contribution is 6.11. The lowest BCUT2D eigenvalue weighted by molar-refractivity contribution is 0.103. The molecule has 0 saturated carbocycles. The second-order valence-corrected chi connectivity index (χ2v) is 11.3. The van der Waals surface area contributed by atoms with Gasteiger partial charge in [0, 0.05) is 35.8 Å². The molecule has 0 atom stereocenters. The normalized spacial score (nSPS) is 16.5. The molecule has 4 aromatic rings. The van der Waals surface area contributed by atoms with Gasteiger partial charge in [-0.05, 0) is 83.1 Å². The van der Waals surface area contributed by atoms with E-state index < -0.39 is 0 Å². The van der Waals surface area contributed by atoms with Crippen molar-refractivity contribution in [2.24, 2.45) is 0 Å². The zero-order valence-corrected chi connectivity index (χ0v) is 24.6. The number of likely N-dealkylation sites (tertiary alicyclic amines) is 2. The number of fused-ring (bicyclic) bond motifs is 1. The molecule has 2 aliphatic rings. The first kappa shape index (κ1) is 28.2. The van der Waals surface area contributed by atoms with Gasteiger partial charge in [0.1, 0.15) is 18.1 Å². The molecule has 7 nitrogen and oxygen atoms in total. The first-order valence-corrected chi connectivity index (χ1v) is 15.0. The largest absolute Gasteiger partial charge is 0.493 e. The molecule has 218 valence electrons. The smallest absolute Gasteiger partial charge is 0.196 e. The van der Waals surface area contributed by atoms with E-state index in [4.69, 9.17) is 14.2 Å². The summed E-state index contributed by atoms with van der Waals surface area (Å²) in [6.45, 7) is 8.22. The summed E-state index contributed by atoms with van der Waals surface area (Å²) in [6, 6.07) is 21.3. The number of benzene rings is 3. The Morgan fingerprint density at radius 2 is 1.67 bits per heavy atom. The average Bonchev–Trinajstić information content (AvgIpc) is 3.57. The van der Waals surface area contributed by atoms with E-state index in [2.05, 4.69) is 14.8 Å². The Morgan fingerprint density at radius 3 is 2.43 bits per heavy atom. The van der Waals surface area contributed by atoms with Gasteiger partial charge >= 0.3 is 0 Å². The van der Waals surface area contributed by atoms with E-state index in [0.717, 1.165) is 42.1 Å². The molecule has 2 saturated heterocycles. The van der Waals surface area contributed by atoms with Crippen LogP contribution in [-0.2, 0) is 0 Å². The summed E-state index contributed by atoms with van der Waals surface area (Å²) in [5.41, 5.74) is 2.85. The van der Waals surface area contributed by atoms with Crippen molar-refractivity contribution < 1.29 is 19.0 Å². The van der Waals surface area contributed by atoms with Crippen molar-refractivity contribution in [2.75, 3.05) is 46.4 Å². The fourth-order valence-electron chi connectivity index (χ4n) is 6.16. The molecule has 2 fully saturated rings. The number of piperidine rings is 1. The van der Waals surface area contributed by atoms with E-state index in [-0.39, 0.29) is 5.78 Å². The number of methoxy groups -OCH3 is 1. The number of hydrogen-bond donors (Lipinski definition) is 0. The lowest BCUT2D eigenvalue weighted by atomic mass is 10.0. The summed E-state index contributed by atoms with van der Waals surface area (Å²) in [4.78, 5) is 23.1. The summed E-state index contributed by atoms with van der Waals surface area (Å²) in [5.74, 6) is 2.29. The maximum atomic E-state index is 13.4. The van der Waals surface area contributed by atoms with Gasteiger partial charge in [-0.15, -0.1) is 0 Å². The van der Waals surface area contributed by atoms with Gasteiger partial charge in [0.2, 0.25) is 0 Å². The van der Waals surface area contributed by atoms with Crippen LogP contribution in [-0.4, -0.2) is 73.0 Å². The lowest BCUT2D eigenvalue weighted by Gasteiger charge is -2.36. The van der Waals surface area contributed by atoms with E-state index >= 15 is 0 Å². The number of ether oxygens (including phenoxy) is 3. The van der Waals surface area contributed by atoms with Crippen molar-refractivity contribution in [3.05, 3.63) is 89.6 Å². The Balaban J connectivity index is 1.16. The third-order valence-electron chi connectivity index (χ3n) is 8.50. The zero-order chi connectivity index (χ0) is 28.9. The van der Waals surface area contributed by atoms with Crippen molar-refractivity contribution in [3.8, 4) is 23.0 Å². The van der Waals surface area contributed by atoms with Crippen LogP contribution in [0.5, 0.6) is 23.0 Å². The second-order valence-electron chi connectivity index (χ2n) is 11.3. The van der Waals surface area contributed by atoms with Gasteiger partial charge in [0.25, 0.3) is 0 Å². The number of carbonyl (C=O) groups excluding carboxylic acids is 1. The summed E-state index contributed by atoms with van der Waals surface area (Å²) in [5, 5.41) is 0.782. The molecule has 3 aromatic carbocycles. The first-order chi connectivity index (χ1) is 20.6. The van der Waals surface area contributed by atoms with Crippen LogP contribution in [0.25, 0.3) is 10.9 Å². The van der Waals surface area contributed by atoms with Crippen LogP contribution in [0.1, 0.15) is 47.2 Å². The van der Waals surface area contributed by atoms with E-state index in [1.807, 2.05) is 73.7 Å². The number of hydrogen-bond acceptors (Lipinski definition) is 7. The van der Waals surface area contributed by atoms with E-state index in [1.165, 1.54) is 38.8 Å². The van der Waals surface area contributed by atoms with Crippen LogP contribution in [0.2, 0.25) is 0 Å². The maximum absolute atomic E-state index is 13.4. The third-order valence-corrected chi connectivity index (χ3v) is 8.50. The molecule has 0 spiro atoms. The minimum absolute atomic E-state index is 0.0822. The minimum Gasteiger partial charge on any atom is -0.493 e. The Kier molecular flexibility index (Phi) is 8.68. The summed E-state index contributed by atoms with van der Waals surface area (Å²) >= 11 is 0. The van der Waals surface area contributed by atoms with Crippen molar-refractivity contribution in [1.29, 1.82) is 0 Å². The fraction of sp³-hybridized carbons (Fsp3) is 0.371. The van der Waals surface area contributed by atoms with Crippen LogP contribution < -0.4 is 14.2 Å². The number of aryl methyl sites for hydroxylation is 1. The molecule has 0 unspecified atom stereocenters. The molecular weight excluding hydrogens is 526 g/mol. The predicted molar refractivity (Wildman–Crippen MR) is 165 cm³/mol. The number of pyridine rings is 1. The number of carbonyl (C=O) groups is 1. The number of nitrogens with zero attached hydrogens (tertiary/aromatic N) is 3. The SMILES string of the molecule is COc1cc2c(Oc3ccc(C)cc3C(=O)c3ccccc3)ccnc2cc1OCCN1CCC(N2CCCC2)CC1. The van der Waals surface area contributed by atoms with Gasteiger partial charge in [0.05, 0.1) is 18.2 Å². The molecule has 2 aliphatic heterocycles. The van der Waals surface area contributed by atoms with Gasteiger partial charge in [-0.3, -0.25) is 14.7 Å². The van der Waals surface area contributed by atoms with E-state index in [0.29, 0.717) is 40.7 Å². The summed E-state index contributed by atoms with van der Waals surface area (Å²) < 4.78 is 18.4. The Morgan fingerprint density at radius 1 is 0.881 bits per heavy atom. The van der Waals surface area contributed by atoms with Crippen LogP contribution >= 0.6 is 0 Å². The highest BCUT2D eigenvalue weighted by atomic mass is 16.5. The monoisotopic (exact) mass is 565 g/mol. The Labute approximate surface area is 248 Å². The molecule has 0 bridgehead atoms. The third kappa shape index (κ3) is 6.27. The molecule has 7 heteroatoms. The fourth-order valence-corrected chi connectivity index (χ4v) is 6.16. The Hall–Kier alpha value is -3.94. The van der Waals surface area contributed by atoms with Crippen molar-refractivity contribution in [2.45, 2.75) is 38.6 Å². The average molecular weight is 566 g/mol. The van der Waals surface area contributed by atoms with Crippen molar-refractivity contribution in [3.63, 3.8) is 0 Å². The number of rotatable bonds is 10. The molecule has 0 N–H and O–H groups in total. The molecule has 3 heterocycles. The predicted octanol–water partition coefficient (Wildman–Crippen LogP) is 6.51. The van der Waals surface area contributed by atoms with Crippen LogP contribution in [0.4, 0.5) is 0 Å². The Bertz CT molecular complexity index is 1530. The van der Waals surface area contributed by atoms with Crippen molar-refractivity contribution in [1.82, 2.24) is 14.8 Å². The number of ketones is 1. The molecule has 1 aromatic heterocycles. The molecule has 0 radical (unpaired) electrons. The second kappa shape index (κ2) is 12.9. The molecular formula is C35H39N3O4. The van der Waals surface area contributed by atoms with Gasteiger partial charge in [-0.2, -0.15) is 0 Å². The van der Waals surface area contributed by atoms with Crippen LogP contribution in [0.15, 0.2) is 72.9 Å². The van der Waals surface area contributed by atoms with Gasteiger partial charge < -0.3 is 19.1 Å². The van der Waals surface area contributed by atoms with E-state index in [9.17, 15) is 4.79 Å². The van der Waals surface area contributed by atoms with Crippen LogP contribution in [0, 0.1) is 6.92 Å².